The van der Waals surface area contributed by atoms with Crippen LogP contribution in [0, 0.1) is 5.92 Å². The van der Waals surface area contributed by atoms with Crippen LogP contribution in [0.1, 0.15) is 55.5 Å². The molecule has 0 bridgehead atoms. The Bertz CT molecular complexity index is 432. The van der Waals surface area contributed by atoms with E-state index in [1.165, 1.54) is 0 Å². The summed E-state index contributed by atoms with van der Waals surface area (Å²) in [6.07, 6.45) is 3.85. The van der Waals surface area contributed by atoms with E-state index in [9.17, 15) is 4.79 Å². The maximum absolute atomic E-state index is 12.0. The molecule has 1 aromatic rings. The Kier molecular flexibility index (Phi) is 4.87. The third-order valence-corrected chi connectivity index (χ3v) is 4.70. The molecule has 106 valence electrons. The second-order valence-electron chi connectivity index (χ2n) is 5.53. The summed E-state index contributed by atoms with van der Waals surface area (Å²) in [6.45, 7) is 4.66. The van der Waals surface area contributed by atoms with Crippen LogP contribution in [0.25, 0.3) is 0 Å². The number of nitrogens with one attached hydrogen (secondary N) is 1. The molecule has 1 aliphatic rings. The van der Waals surface area contributed by atoms with Gasteiger partial charge in [0.2, 0.25) is 5.91 Å². The van der Waals surface area contributed by atoms with Crippen LogP contribution in [0.2, 0.25) is 0 Å². The van der Waals surface area contributed by atoms with E-state index in [4.69, 9.17) is 5.73 Å². The molecule has 2 unspecified atom stereocenters. The third-order valence-electron chi connectivity index (χ3n) is 3.48. The minimum Gasteiger partial charge on any atom is -0.349 e. The lowest BCUT2D eigenvalue weighted by Crippen LogP contribution is -2.37. The molecule has 0 aromatic carbocycles. The zero-order valence-electron chi connectivity index (χ0n) is 11.6. The van der Waals surface area contributed by atoms with Gasteiger partial charge in [-0.05, 0) is 19.3 Å². The predicted molar refractivity (Wildman–Crippen MR) is 75.8 cm³/mol. The lowest BCUT2D eigenvalue weighted by molar-refractivity contribution is -0.126. The summed E-state index contributed by atoms with van der Waals surface area (Å²) in [4.78, 5) is 12.0. The highest BCUT2D eigenvalue weighted by molar-refractivity contribution is 7.11. The van der Waals surface area contributed by atoms with Gasteiger partial charge in [-0.2, -0.15) is 0 Å². The highest BCUT2D eigenvalue weighted by atomic mass is 32.1. The van der Waals surface area contributed by atoms with Gasteiger partial charge in [-0.15, -0.1) is 10.2 Å². The Morgan fingerprint density at radius 3 is 2.89 bits per heavy atom. The average molecular weight is 282 g/mol. The monoisotopic (exact) mass is 282 g/mol. The molecule has 1 amide bonds. The maximum Gasteiger partial charge on any atom is 0.223 e. The lowest BCUT2D eigenvalue weighted by atomic mass is 9.85. The van der Waals surface area contributed by atoms with Crippen molar-refractivity contribution in [3.8, 4) is 0 Å². The molecule has 0 radical (unpaired) electrons. The summed E-state index contributed by atoms with van der Waals surface area (Å²) < 4.78 is 0. The molecule has 0 spiro atoms. The van der Waals surface area contributed by atoms with Gasteiger partial charge in [0.15, 0.2) is 0 Å². The lowest BCUT2D eigenvalue weighted by Gasteiger charge is -2.25. The first kappa shape index (κ1) is 14.4. The number of carbonyl (C=O) groups excluding carboxylic acids is 1. The van der Waals surface area contributed by atoms with Gasteiger partial charge >= 0.3 is 0 Å². The van der Waals surface area contributed by atoms with Crippen LogP contribution in [0.5, 0.6) is 0 Å². The fourth-order valence-electron chi connectivity index (χ4n) is 2.34. The standard InChI is InChI=1S/C13H22N4OS/c1-8(2)13-17-16-11(19-13)7-15-12(18)9-4-3-5-10(14)6-9/h8-10H,3-7,14H2,1-2H3,(H,15,18). The van der Waals surface area contributed by atoms with E-state index in [0.717, 1.165) is 35.7 Å². The molecule has 1 aromatic heterocycles. The number of rotatable bonds is 4. The molecule has 5 nitrogen and oxygen atoms in total. The van der Waals surface area contributed by atoms with Crippen LogP contribution in [0.4, 0.5) is 0 Å². The second kappa shape index (κ2) is 6.43. The van der Waals surface area contributed by atoms with Gasteiger partial charge in [-0.3, -0.25) is 4.79 Å². The van der Waals surface area contributed by atoms with Crippen molar-refractivity contribution in [1.82, 2.24) is 15.5 Å². The van der Waals surface area contributed by atoms with Gasteiger partial charge in [0.1, 0.15) is 10.0 Å². The summed E-state index contributed by atoms with van der Waals surface area (Å²) in [5.41, 5.74) is 5.91. The van der Waals surface area contributed by atoms with Gasteiger partial charge < -0.3 is 11.1 Å². The number of aromatic nitrogens is 2. The fraction of sp³-hybridized carbons (Fsp3) is 0.769. The minimum absolute atomic E-state index is 0.0706. The molecule has 1 aliphatic carbocycles. The van der Waals surface area contributed by atoms with Gasteiger partial charge in [-0.25, -0.2) is 0 Å². The quantitative estimate of drug-likeness (QED) is 0.882. The van der Waals surface area contributed by atoms with Crippen molar-refractivity contribution >= 4 is 17.2 Å². The Balaban J connectivity index is 1.82. The molecule has 0 aliphatic heterocycles. The average Bonchev–Trinajstić information content (AvgIpc) is 2.85. The first-order chi connectivity index (χ1) is 9.06. The number of nitrogens with two attached hydrogens (primary N) is 1. The van der Waals surface area contributed by atoms with Crippen LogP contribution >= 0.6 is 11.3 Å². The zero-order chi connectivity index (χ0) is 13.8. The molecule has 19 heavy (non-hydrogen) atoms. The van der Waals surface area contributed by atoms with Gasteiger partial charge in [0, 0.05) is 17.9 Å². The highest BCUT2D eigenvalue weighted by Crippen LogP contribution is 2.23. The third kappa shape index (κ3) is 3.98. The molecule has 1 saturated carbocycles. The molecular formula is C13H22N4OS. The van der Waals surface area contributed by atoms with E-state index in [0.29, 0.717) is 12.5 Å². The maximum atomic E-state index is 12.0. The summed E-state index contributed by atoms with van der Waals surface area (Å²) in [6, 6.07) is 0.179. The number of amides is 1. The van der Waals surface area contributed by atoms with Crippen molar-refractivity contribution in [3.63, 3.8) is 0 Å². The largest absolute Gasteiger partial charge is 0.349 e. The van der Waals surface area contributed by atoms with Crippen LogP contribution in [0.15, 0.2) is 0 Å². The Hall–Kier alpha value is -1.01. The minimum atomic E-state index is 0.0706. The second-order valence-corrected chi connectivity index (χ2v) is 6.62. The van der Waals surface area contributed by atoms with Crippen molar-refractivity contribution in [1.29, 1.82) is 0 Å². The normalized spacial score (nSPS) is 23.6. The van der Waals surface area contributed by atoms with E-state index in [1.807, 2.05) is 0 Å². The van der Waals surface area contributed by atoms with E-state index < -0.39 is 0 Å². The van der Waals surface area contributed by atoms with E-state index in [2.05, 4.69) is 29.4 Å². The van der Waals surface area contributed by atoms with Crippen LogP contribution in [0.3, 0.4) is 0 Å². The summed E-state index contributed by atoms with van der Waals surface area (Å²) in [5.74, 6) is 0.566. The smallest absolute Gasteiger partial charge is 0.223 e. The van der Waals surface area contributed by atoms with Crippen LogP contribution < -0.4 is 11.1 Å². The molecule has 1 heterocycles. The zero-order valence-corrected chi connectivity index (χ0v) is 12.4. The Labute approximate surface area is 118 Å². The molecule has 2 atom stereocenters. The van der Waals surface area contributed by atoms with E-state index in [1.54, 1.807) is 11.3 Å². The molecule has 6 heteroatoms. The van der Waals surface area contributed by atoms with Crippen LogP contribution in [-0.2, 0) is 11.3 Å². The SMILES string of the molecule is CC(C)c1nnc(CNC(=O)C2CCCC(N)C2)s1. The van der Waals surface area contributed by atoms with E-state index in [-0.39, 0.29) is 17.9 Å². The van der Waals surface area contributed by atoms with Crippen molar-refractivity contribution < 1.29 is 4.79 Å². The predicted octanol–water partition coefficient (Wildman–Crippen LogP) is 1.80. The van der Waals surface area contributed by atoms with Crippen molar-refractivity contribution in [2.45, 2.75) is 58.0 Å². The van der Waals surface area contributed by atoms with Gasteiger partial charge in [0.05, 0.1) is 6.54 Å². The van der Waals surface area contributed by atoms with Gasteiger partial charge in [-0.1, -0.05) is 31.6 Å². The molecule has 1 fully saturated rings. The fourth-order valence-corrected chi connectivity index (χ4v) is 3.13. The summed E-state index contributed by atoms with van der Waals surface area (Å²) >= 11 is 1.57. The summed E-state index contributed by atoms with van der Waals surface area (Å²) in [7, 11) is 0. The Morgan fingerprint density at radius 2 is 2.26 bits per heavy atom. The first-order valence-corrected chi connectivity index (χ1v) is 7.73. The molecule has 0 saturated heterocycles. The van der Waals surface area contributed by atoms with Crippen LogP contribution in [-0.4, -0.2) is 22.1 Å². The van der Waals surface area contributed by atoms with Crippen molar-refractivity contribution in [3.05, 3.63) is 10.0 Å². The van der Waals surface area contributed by atoms with Gasteiger partial charge in [0.25, 0.3) is 0 Å². The number of carbonyl (C=O) groups is 1. The summed E-state index contributed by atoms with van der Waals surface area (Å²) in [5, 5.41) is 13.1. The topological polar surface area (TPSA) is 80.9 Å². The van der Waals surface area contributed by atoms with Crippen molar-refractivity contribution in [2.75, 3.05) is 0 Å². The van der Waals surface area contributed by atoms with Crippen molar-refractivity contribution in [2.24, 2.45) is 11.7 Å². The molecule has 2 rings (SSSR count). The Morgan fingerprint density at radius 1 is 1.47 bits per heavy atom. The number of nitrogens with zero attached hydrogens (tertiary/aromatic N) is 2. The molecular weight excluding hydrogens is 260 g/mol. The van der Waals surface area contributed by atoms with E-state index >= 15 is 0 Å². The number of hydrogen-bond acceptors (Lipinski definition) is 5. The highest BCUT2D eigenvalue weighted by Gasteiger charge is 2.25. The number of hydrogen-bond donors (Lipinski definition) is 2. The molecule has 3 N–H and O–H groups in total. The first-order valence-electron chi connectivity index (χ1n) is 6.92.